The highest BCUT2D eigenvalue weighted by Crippen LogP contribution is 2.23. The van der Waals surface area contributed by atoms with Crippen molar-refractivity contribution in [1.29, 1.82) is 0 Å². The Bertz CT molecular complexity index is 600. The Morgan fingerprint density at radius 2 is 1.81 bits per heavy atom. The van der Waals surface area contributed by atoms with Crippen LogP contribution in [-0.2, 0) is 6.42 Å². The van der Waals surface area contributed by atoms with E-state index >= 15 is 0 Å². The molecule has 0 aliphatic rings. The molecule has 0 saturated carbocycles. The van der Waals surface area contributed by atoms with Crippen LogP contribution in [0.5, 0.6) is 0 Å². The van der Waals surface area contributed by atoms with E-state index in [-0.39, 0.29) is 5.82 Å². The van der Waals surface area contributed by atoms with E-state index in [0.29, 0.717) is 15.9 Å². The topological polar surface area (TPSA) is 37.8 Å². The monoisotopic (exact) mass is 351 g/mol. The van der Waals surface area contributed by atoms with Crippen LogP contribution in [-0.4, -0.2) is 23.1 Å². The third kappa shape index (κ3) is 4.08. The van der Waals surface area contributed by atoms with E-state index in [2.05, 4.69) is 38.1 Å². The lowest BCUT2D eigenvalue weighted by Gasteiger charge is -2.11. The average Bonchev–Trinajstić information content (AvgIpc) is 2.40. The molecule has 0 radical (unpaired) electrons. The number of rotatable bonds is 5. The molecule has 1 aromatic heterocycles. The molecule has 1 N–H and O–H groups in total. The number of hydrogen-bond donors (Lipinski definition) is 1. The highest BCUT2D eigenvalue weighted by atomic mass is 79.9. The van der Waals surface area contributed by atoms with Crippen LogP contribution >= 0.6 is 15.9 Å². The van der Waals surface area contributed by atoms with Crippen LogP contribution in [0.2, 0.25) is 0 Å². The van der Waals surface area contributed by atoms with Crippen molar-refractivity contribution in [3.05, 3.63) is 45.4 Å². The zero-order valence-electron chi connectivity index (χ0n) is 12.5. The molecule has 5 heteroatoms. The van der Waals surface area contributed by atoms with Crippen molar-refractivity contribution in [1.82, 2.24) is 15.3 Å². The predicted molar refractivity (Wildman–Crippen MR) is 86.8 cm³/mol. The van der Waals surface area contributed by atoms with Crippen LogP contribution in [0.25, 0.3) is 11.4 Å². The first-order chi connectivity index (χ1) is 10.0. The molecule has 0 aliphatic carbocycles. The Morgan fingerprint density at radius 1 is 1.14 bits per heavy atom. The molecule has 0 atom stereocenters. The lowest BCUT2D eigenvalue weighted by molar-refractivity contribution is 0.627. The molecule has 0 spiro atoms. The van der Waals surface area contributed by atoms with Crippen LogP contribution in [0.1, 0.15) is 23.9 Å². The summed E-state index contributed by atoms with van der Waals surface area (Å²) in [5.74, 6) is 0.270. The molecule has 0 aliphatic heterocycles. The maximum absolute atomic E-state index is 13.5. The van der Waals surface area contributed by atoms with Gasteiger partial charge in [0.15, 0.2) is 5.82 Å². The quantitative estimate of drug-likeness (QED) is 0.832. The smallest absolute Gasteiger partial charge is 0.159 e. The summed E-state index contributed by atoms with van der Waals surface area (Å²) in [6, 6.07) is 4.71. The van der Waals surface area contributed by atoms with Crippen molar-refractivity contribution >= 4 is 15.9 Å². The summed E-state index contributed by atoms with van der Waals surface area (Å²) >= 11 is 3.30. The van der Waals surface area contributed by atoms with E-state index in [0.717, 1.165) is 36.5 Å². The second-order valence-corrected chi connectivity index (χ2v) is 5.87. The zero-order valence-corrected chi connectivity index (χ0v) is 14.1. The summed E-state index contributed by atoms with van der Waals surface area (Å²) in [6.45, 7) is 7.91. The van der Waals surface area contributed by atoms with E-state index in [9.17, 15) is 4.39 Å². The van der Waals surface area contributed by atoms with Crippen LogP contribution in [0.15, 0.2) is 22.7 Å². The average molecular weight is 352 g/mol. The number of nitrogens with zero attached hydrogens (tertiary/aromatic N) is 2. The Balaban J connectivity index is 2.34. The normalized spacial score (nSPS) is 10.9. The van der Waals surface area contributed by atoms with Gasteiger partial charge in [-0.05, 0) is 57.1 Å². The van der Waals surface area contributed by atoms with Gasteiger partial charge in [-0.1, -0.05) is 22.9 Å². The molecule has 112 valence electrons. The van der Waals surface area contributed by atoms with Gasteiger partial charge in [-0.15, -0.1) is 0 Å². The number of aryl methyl sites for hydroxylation is 2. The minimum atomic E-state index is -0.297. The highest BCUT2D eigenvalue weighted by Gasteiger charge is 2.11. The molecule has 0 unspecified atom stereocenters. The summed E-state index contributed by atoms with van der Waals surface area (Å²) in [6.07, 6.45) is 0.901. The minimum absolute atomic E-state index is 0.297. The van der Waals surface area contributed by atoms with Crippen LogP contribution in [0.3, 0.4) is 0 Å². The largest absolute Gasteiger partial charge is 0.317 e. The summed E-state index contributed by atoms with van der Waals surface area (Å²) in [7, 11) is 0. The van der Waals surface area contributed by atoms with Crippen molar-refractivity contribution in [3.63, 3.8) is 0 Å². The fourth-order valence-electron chi connectivity index (χ4n) is 2.30. The highest BCUT2D eigenvalue weighted by molar-refractivity contribution is 9.10. The first-order valence-electron chi connectivity index (χ1n) is 7.02. The van der Waals surface area contributed by atoms with Gasteiger partial charge in [0.05, 0.1) is 0 Å². The molecule has 1 aromatic carbocycles. The summed E-state index contributed by atoms with van der Waals surface area (Å²) < 4.78 is 14.2. The number of aromatic nitrogens is 2. The van der Waals surface area contributed by atoms with Crippen molar-refractivity contribution < 1.29 is 4.39 Å². The molecule has 2 aromatic rings. The summed E-state index contributed by atoms with van der Waals surface area (Å²) in [5.41, 5.74) is 3.76. The van der Waals surface area contributed by atoms with Crippen molar-refractivity contribution in [2.75, 3.05) is 13.1 Å². The lowest BCUT2D eigenvalue weighted by atomic mass is 10.1. The van der Waals surface area contributed by atoms with Gasteiger partial charge in [-0.2, -0.15) is 0 Å². The first-order valence-corrected chi connectivity index (χ1v) is 7.82. The van der Waals surface area contributed by atoms with Gasteiger partial charge in [0.25, 0.3) is 0 Å². The second-order valence-electron chi connectivity index (χ2n) is 4.96. The molecule has 2 rings (SSSR count). The van der Waals surface area contributed by atoms with E-state index in [4.69, 9.17) is 0 Å². The third-order valence-corrected chi connectivity index (χ3v) is 3.80. The third-order valence-electron chi connectivity index (χ3n) is 3.34. The van der Waals surface area contributed by atoms with Gasteiger partial charge in [-0.3, -0.25) is 0 Å². The Morgan fingerprint density at radius 3 is 2.38 bits per heavy atom. The summed E-state index contributed by atoms with van der Waals surface area (Å²) in [4.78, 5) is 9.08. The van der Waals surface area contributed by atoms with Gasteiger partial charge >= 0.3 is 0 Å². The molecular weight excluding hydrogens is 333 g/mol. The van der Waals surface area contributed by atoms with Gasteiger partial charge in [0, 0.05) is 21.4 Å². The predicted octanol–water partition coefficient (Wildman–Crippen LogP) is 3.81. The molecule has 3 nitrogen and oxygen atoms in total. The van der Waals surface area contributed by atoms with Crippen molar-refractivity contribution in [2.24, 2.45) is 0 Å². The number of hydrogen-bond acceptors (Lipinski definition) is 3. The second kappa shape index (κ2) is 7.09. The maximum Gasteiger partial charge on any atom is 0.159 e. The van der Waals surface area contributed by atoms with Crippen molar-refractivity contribution in [3.8, 4) is 11.4 Å². The molecule has 0 saturated heterocycles. The maximum atomic E-state index is 13.5. The molecule has 0 amide bonds. The number of nitrogens with one attached hydrogen (secondary N) is 1. The zero-order chi connectivity index (χ0) is 15.4. The minimum Gasteiger partial charge on any atom is -0.317 e. The Labute approximate surface area is 133 Å². The van der Waals surface area contributed by atoms with Gasteiger partial charge in [0.1, 0.15) is 5.82 Å². The Hall–Kier alpha value is -1.33. The first kappa shape index (κ1) is 16.0. The van der Waals surface area contributed by atoms with Crippen LogP contribution in [0.4, 0.5) is 4.39 Å². The van der Waals surface area contributed by atoms with E-state index in [1.165, 1.54) is 12.1 Å². The van der Waals surface area contributed by atoms with Gasteiger partial charge < -0.3 is 5.32 Å². The number of likely N-dealkylation sites (N-methyl/N-ethyl adjacent to an activating group) is 1. The van der Waals surface area contributed by atoms with E-state index in [1.54, 1.807) is 0 Å². The molecule has 0 fully saturated rings. The van der Waals surface area contributed by atoms with Gasteiger partial charge in [-0.25, -0.2) is 14.4 Å². The van der Waals surface area contributed by atoms with Crippen LogP contribution < -0.4 is 5.32 Å². The van der Waals surface area contributed by atoms with Crippen LogP contribution in [0, 0.1) is 19.7 Å². The number of benzene rings is 1. The molecular formula is C16H19BrFN3. The van der Waals surface area contributed by atoms with E-state index in [1.807, 2.05) is 19.9 Å². The van der Waals surface area contributed by atoms with Gasteiger partial charge in [0.2, 0.25) is 0 Å². The molecule has 0 bridgehead atoms. The lowest BCUT2D eigenvalue weighted by Crippen LogP contribution is -2.17. The Kier molecular flexibility index (Phi) is 5.42. The fourth-order valence-corrected chi connectivity index (χ4v) is 2.77. The fraction of sp³-hybridized carbons (Fsp3) is 0.375. The summed E-state index contributed by atoms with van der Waals surface area (Å²) in [5, 5.41) is 3.30. The molecule has 1 heterocycles. The number of halogens is 2. The van der Waals surface area contributed by atoms with Crippen molar-refractivity contribution in [2.45, 2.75) is 27.2 Å². The van der Waals surface area contributed by atoms with E-state index < -0.39 is 0 Å². The molecule has 21 heavy (non-hydrogen) atoms. The SMILES string of the molecule is CCNCCc1c(C)nc(-c2cc(F)cc(Br)c2)nc1C. The standard InChI is InChI=1S/C16H19BrFN3/c1-4-19-6-5-15-10(2)20-16(21-11(15)3)12-7-13(17)9-14(18)8-12/h7-9,19H,4-6H2,1-3H3.